The number of hydrogen-bond donors (Lipinski definition) is 1. The van der Waals surface area contributed by atoms with Crippen molar-refractivity contribution in [3.05, 3.63) is 48.0 Å². The van der Waals surface area contributed by atoms with Gasteiger partial charge in [0.15, 0.2) is 10.9 Å². The first-order valence-corrected chi connectivity index (χ1v) is 10.5. The van der Waals surface area contributed by atoms with Gasteiger partial charge in [0.05, 0.1) is 17.3 Å². The van der Waals surface area contributed by atoms with E-state index >= 15 is 0 Å². The molecule has 1 fully saturated rings. The first kappa shape index (κ1) is 19.4. The van der Waals surface area contributed by atoms with Gasteiger partial charge in [-0.15, -0.1) is 0 Å². The molecule has 1 aliphatic rings. The summed E-state index contributed by atoms with van der Waals surface area (Å²) in [6.45, 7) is 3.11. The van der Waals surface area contributed by atoms with E-state index < -0.39 is 0 Å². The molecule has 4 rings (SSSR count). The Balaban J connectivity index is 1.38. The molecule has 0 aliphatic carbocycles. The van der Waals surface area contributed by atoms with Gasteiger partial charge in [0.2, 0.25) is 5.91 Å². The number of Topliss-reactive ketones (excluding diaryl/α,β-unsaturated/α-hetero) is 1. The molecule has 0 bridgehead atoms. The number of nitrogens with zero attached hydrogens (tertiary/aromatic N) is 2. The van der Waals surface area contributed by atoms with E-state index in [2.05, 4.69) is 10.2 Å². The maximum atomic E-state index is 12.7. The van der Waals surface area contributed by atoms with Gasteiger partial charge in [-0.3, -0.25) is 9.59 Å². The number of piperidine rings is 1. The fourth-order valence-corrected chi connectivity index (χ4v) is 4.59. The summed E-state index contributed by atoms with van der Waals surface area (Å²) in [5, 5.41) is 3.95. The van der Waals surface area contributed by atoms with Crippen molar-refractivity contribution in [2.45, 2.75) is 19.8 Å². The van der Waals surface area contributed by atoms with Gasteiger partial charge in [0, 0.05) is 30.3 Å². The normalized spacial score (nSPS) is 14.8. The van der Waals surface area contributed by atoms with Crippen molar-refractivity contribution < 1.29 is 14.3 Å². The number of ether oxygens (including phenoxy) is 1. The minimum Gasteiger partial charge on any atom is -0.497 e. The average Bonchev–Trinajstić information content (AvgIpc) is 3.17. The Kier molecular flexibility index (Phi) is 5.49. The number of rotatable bonds is 5. The predicted octanol–water partition coefficient (Wildman–Crippen LogP) is 4.36. The quantitative estimate of drug-likeness (QED) is 0.634. The number of hydrogen-bond acceptors (Lipinski definition) is 6. The fraction of sp³-hybridized carbons (Fsp3) is 0.318. The summed E-state index contributed by atoms with van der Waals surface area (Å²) in [6, 6.07) is 13.0. The Morgan fingerprint density at radius 1 is 1.17 bits per heavy atom. The number of anilines is 2. The number of methoxy groups -OCH3 is 1. The van der Waals surface area contributed by atoms with Crippen LogP contribution in [0, 0.1) is 5.92 Å². The van der Waals surface area contributed by atoms with E-state index in [0.717, 1.165) is 47.0 Å². The second kappa shape index (κ2) is 8.21. The Bertz CT molecular complexity index is 1050. The van der Waals surface area contributed by atoms with E-state index in [-0.39, 0.29) is 17.6 Å². The lowest BCUT2D eigenvalue weighted by atomic mass is 9.96. The van der Waals surface area contributed by atoms with Crippen molar-refractivity contribution >= 4 is 44.1 Å². The van der Waals surface area contributed by atoms with E-state index in [1.807, 2.05) is 24.3 Å². The fourth-order valence-electron chi connectivity index (χ4n) is 3.55. The minimum absolute atomic E-state index is 0.0112. The molecule has 2 aromatic carbocycles. The number of benzene rings is 2. The highest BCUT2D eigenvalue weighted by atomic mass is 32.1. The van der Waals surface area contributed by atoms with Crippen LogP contribution in [0.4, 0.5) is 10.8 Å². The van der Waals surface area contributed by atoms with Crippen LogP contribution >= 0.6 is 11.3 Å². The molecule has 150 valence electrons. The molecule has 0 atom stereocenters. The highest BCUT2D eigenvalue weighted by molar-refractivity contribution is 7.22. The summed E-state index contributed by atoms with van der Waals surface area (Å²) < 4.78 is 6.39. The zero-order valence-corrected chi connectivity index (χ0v) is 17.3. The number of carbonyl (C=O) groups is 2. The second-order valence-corrected chi connectivity index (χ2v) is 8.23. The van der Waals surface area contributed by atoms with Crippen LogP contribution in [0.15, 0.2) is 42.5 Å². The lowest BCUT2D eigenvalue weighted by molar-refractivity contribution is -0.120. The lowest BCUT2D eigenvalue weighted by Gasteiger charge is -2.31. The molecule has 1 aliphatic heterocycles. The zero-order valence-electron chi connectivity index (χ0n) is 16.5. The first-order valence-electron chi connectivity index (χ1n) is 9.65. The van der Waals surface area contributed by atoms with Crippen LogP contribution in [0.5, 0.6) is 5.75 Å². The highest BCUT2D eigenvalue weighted by Gasteiger charge is 2.26. The predicted molar refractivity (Wildman–Crippen MR) is 116 cm³/mol. The van der Waals surface area contributed by atoms with Crippen molar-refractivity contribution in [3.63, 3.8) is 0 Å². The third-order valence-corrected chi connectivity index (χ3v) is 6.34. The number of carbonyl (C=O) groups excluding carboxylic acids is 2. The molecule has 7 heteroatoms. The third kappa shape index (κ3) is 4.24. The second-order valence-electron chi connectivity index (χ2n) is 7.22. The summed E-state index contributed by atoms with van der Waals surface area (Å²) >= 11 is 1.65. The van der Waals surface area contributed by atoms with E-state index in [9.17, 15) is 9.59 Å². The van der Waals surface area contributed by atoms with Gasteiger partial charge in [0.1, 0.15) is 5.75 Å². The number of thiazole rings is 1. The van der Waals surface area contributed by atoms with Crippen molar-refractivity contribution in [3.8, 4) is 5.75 Å². The number of aromatic nitrogens is 1. The molecule has 29 heavy (non-hydrogen) atoms. The average molecular weight is 410 g/mol. The summed E-state index contributed by atoms with van der Waals surface area (Å²) in [5.74, 6) is 0.792. The molecule has 0 unspecified atom stereocenters. The maximum Gasteiger partial charge on any atom is 0.227 e. The van der Waals surface area contributed by atoms with Crippen LogP contribution in [0.1, 0.15) is 30.1 Å². The van der Waals surface area contributed by atoms with Crippen LogP contribution in [-0.2, 0) is 4.79 Å². The topological polar surface area (TPSA) is 71.5 Å². The van der Waals surface area contributed by atoms with Crippen molar-refractivity contribution in [1.29, 1.82) is 0 Å². The van der Waals surface area contributed by atoms with Gasteiger partial charge in [0.25, 0.3) is 0 Å². The third-order valence-electron chi connectivity index (χ3n) is 5.26. The summed E-state index contributed by atoms with van der Waals surface area (Å²) in [6.07, 6.45) is 1.55. The van der Waals surface area contributed by atoms with Gasteiger partial charge in [-0.05, 0) is 50.1 Å². The molecule has 1 saturated heterocycles. The minimum atomic E-state index is -0.0401. The van der Waals surface area contributed by atoms with Crippen LogP contribution < -0.4 is 15.0 Å². The lowest BCUT2D eigenvalue weighted by Crippen LogP contribution is -2.38. The van der Waals surface area contributed by atoms with Gasteiger partial charge in [-0.25, -0.2) is 4.98 Å². The van der Waals surface area contributed by atoms with Crippen LogP contribution in [0.2, 0.25) is 0 Å². The number of nitrogens with one attached hydrogen (secondary N) is 1. The molecule has 1 N–H and O–H groups in total. The van der Waals surface area contributed by atoms with Gasteiger partial charge >= 0.3 is 0 Å². The number of ketones is 1. The molecule has 3 aromatic rings. The molecule has 0 saturated carbocycles. The van der Waals surface area contributed by atoms with Gasteiger partial charge < -0.3 is 15.0 Å². The van der Waals surface area contributed by atoms with E-state index in [4.69, 9.17) is 9.72 Å². The van der Waals surface area contributed by atoms with Crippen LogP contribution in [-0.4, -0.2) is 36.9 Å². The summed E-state index contributed by atoms with van der Waals surface area (Å²) in [4.78, 5) is 31.2. The van der Waals surface area contributed by atoms with E-state index in [1.54, 1.807) is 36.6 Å². The van der Waals surface area contributed by atoms with Crippen molar-refractivity contribution in [1.82, 2.24) is 4.98 Å². The number of amides is 1. The molecular weight excluding hydrogens is 386 g/mol. The Labute approximate surface area is 173 Å². The molecule has 6 nitrogen and oxygen atoms in total. The molecule has 1 aromatic heterocycles. The van der Waals surface area contributed by atoms with Crippen LogP contribution in [0.25, 0.3) is 10.2 Å². The monoisotopic (exact) mass is 409 g/mol. The summed E-state index contributed by atoms with van der Waals surface area (Å²) in [5.41, 5.74) is 2.24. The molecule has 1 amide bonds. The van der Waals surface area contributed by atoms with E-state index in [0.29, 0.717) is 11.3 Å². The largest absolute Gasteiger partial charge is 0.497 e. The smallest absolute Gasteiger partial charge is 0.227 e. The highest BCUT2D eigenvalue weighted by Crippen LogP contribution is 2.33. The van der Waals surface area contributed by atoms with Gasteiger partial charge in [-0.2, -0.15) is 0 Å². The van der Waals surface area contributed by atoms with Crippen LogP contribution in [0.3, 0.4) is 0 Å². The van der Waals surface area contributed by atoms with E-state index in [1.165, 1.54) is 6.92 Å². The summed E-state index contributed by atoms with van der Waals surface area (Å²) in [7, 11) is 1.66. The SMILES string of the molecule is COc1ccc2nc(N3CCC(C(=O)Nc4cccc(C(C)=O)c4)CC3)sc2c1. The molecular formula is C22H23N3O3S. The Hall–Kier alpha value is -2.93. The Morgan fingerprint density at radius 3 is 2.69 bits per heavy atom. The molecule has 2 heterocycles. The Morgan fingerprint density at radius 2 is 1.97 bits per heavy atom. The molecule has 0 radical (unpaired) electrons. The molecule has 0 spiro atoms. The number of fused-ring (bicyclic) bond motifs is 1. The standard InChI is InChI=1S/C22H23N3O3S/c1-14(26)16-4-3-5-17(12-16)23-21(27)15-8-10-25(11-9-15)22-24-19-7-6-18(28-2)13-20(19)29-22/h3-7,12-13,15H,8-11H2,1-2H3,(H,23,27). The first-order chi connectivity index (χ1) is 14.0. The van der Waals surface area contributed by atoms with Crippen molar-refractivity contribution in [2.75, 3.05) is 30.4 Å². The maximum absolute atomic E-state index is 12.7. The zero-order chi connectivity index (χ0) is 20.4. The van der Waals surface area contributed by atoms with Gasteiger partial charge in [-0.1, -0.05) is 23.5 Å². The van der Waals surface area contributed by atoms with Crippen molar-refractivity contribution in [2.24, 2.45) is 5.92 Å².